The Morgan fingerprint density at radius 1 is 1.05 bits per heavy atom. The summed E-state index contributed by atoms with van der Waals surface area (Å²) in [7, 11) is 0. The number of morpholine rings is 1. The predicted octanol–water partition coefficient (Wildman–Crippen LogP) is 6.48. The Bertz CT molecular complexity index is 1320. The Labute approximate surface area is 231 Å². The van der Waals surface area contributed by atoms with E-state index in [1.165, 1.54) is 39.8 Å². The number of aliphatic imine (C=N–C) groups is 1. The highest BCUT2D eigenvalue weighted by Crippen LogP contribution is 2.41. The molecule has 0 atom stereocenters. The third kappa shape index (κ3) is 5.02. The van der Waals surface area contributed by atoms with Gasteiger partial charge in [-0.15, -0.1) is 0 Å². The Kier molecular flexibility index (Phi) is 7.43. The summed E-state index contributed by atoms with van der Waals surface area (Å²) < 4.78 is 5.46. The maximum atomic E-state index is 13.4. The van der Waals surface area contributed by atoms with Crippen molar-refractivity contribution >= 4 is 51.5 Å². The normalized spacial score (nSPS) is 21.4. The minimum Gasteiger partial charge on any atom is -0.378 e. The topological polar surface area (TPSA) is 48.4 Å². The number of likely N-dealkylation sites (N-methyl/N-ethyl adjacent to an activating group) is 2. The van der Waals surface area contributed by atoms with E-state index in [0.29, 0.717) is 11.4 Å². The quantitative estimate of drug-likeness (QED) is 0.414. The molecule has 0 aromatic heterocycles. The Hall–Kier alpha value is -3.03. The van der Waals surface area contributed by atoms with Crippen LogP contribution in [0.1, 0.15) is 51.3 Å². The maximum Gasteiger partial charge on any atom is 0.266 e. The number of ether oxygens (including phenoxy) is 1. The molecule has 200 valence electrons. The van der Waals surface area contributed by atoms with Crippen LogP contribution in [0.4, 0.5) is 17.1 Å². The number of hydrogen-bond donors (Lipinski definition) is 0. The Morgan fingerprint density at radius 2 is 1.76 bits per heavy atom. The van der Waals surface area contributed by atoms with Crippen molar-refractivity contribution in [2.24, 2.45) is 4.99 Å². The van der Waals surface area contributed by atoms with Crippen LogP contribution in [0.25, 0.3) is 11.6 Å². The lowest BCUT2D eigenvalue weighted by Gasteiger charge is -2.43. The molecular weight excluding hydrogens is 492 g/mol. The molecule has 2 saturated heterocycles. The summed E-state index contributed by atoms with van der Waals surface area (Å²) in [5, 5.41) is 0.730. The third-order valence-corrected chi connectivity index (χ3v) is 8.63. The van der Waals surface area contributed by atoms with Crippen LogP contribution in [0.5, 0.6) is 0 Å². The summed E-state index contributed by atoms with van der Waals surface area (Å²) in [6, 6.07) is 12.8. The molecular formula is C31H38N4O2S. The lowest BCUT2D eigenvalue weighted by Crippen LogP contribution is -2.44. The molecule has 3 heterocycles. The first-order valence-corrected chi connectivity index (χ1v) is 14.4. The third-order valence-electron chi connectivity index (χ3n) is 7.62. The van der Waals surface area contributed by atoms with Gasteiger partial charge in [0.25, 0.3) is 5.91 Å². The zero-order valence-corrected chi connectivity index (χ0v) is 24.2. The molecule has 3 aliphatic rings. The van der Waals surface area contributed by atoms with Gasteiger partial charge < -0.3 is 14.5 Å². The summed E-state index contributed by atoms with van der Waals surface area (Å²) in [5.41, 5.74) is 8.03. The molecule has 0 radical (unpaired) electrons. The number of carbonyl (C=O) groups excluding carboxylic acids is 1. The van der Waals surface area contributed by atoms with Gasteiger partial charge in [-0.1, -0.05) is 6.08 Å². The number of fused-ring (bicyclic) bond motifs is 1. The SMILES string of the molecule is CCN1C(=O)/C(=C/c2cc3c(cc2C)N(CC)C(C)(C)C=C3C)SC1=Nc1ccc(N2CCOCC2)cc1. The summed E-state index contributed by atoms with van der Waals surface area (Å²) in [5.74, 6) is 0.0156. The van der Waals surface area contributed by atoms with Crippen molar-refractivity contribution in [3.8, 4) is 0 Å². The number of amidine groups is 1. The molecule has 38 heavy (non-hydrogen) atoms. The van der Waals surface area contributed by atoms with E-state index < -0.39 is 0 Å². The molecule has 6 nitrogen and oxygen atoms in total. The Morgan fingerprint density at radius 3 is 2.42 bits per heavy atom. The van der Waals surface area contributed by atoms with Crippen LogP contribution in [0, 0.1) is 6.92 Å². The second kappa shape index (κ2) is 10.6. The highest BCUT2D eigenvalue weighted by atomic mass is 32.2. The van der Waals surface area contributed by atoms with Gasteiger partial charge in [0, 0.05) is 43.1 Å². The van der Waals surface area contributed by atoms with Crippen LogP contribution in [0.3, 0.4) is 0 Å². The van der Waals surface area contributed by atoms with E-state index >= 15 is 0 Å². The van der Waals surface area contributed by atoms with Crippen LogP contribution in [-0.2, 0) is 9.53 Å². The van der Waals surface area contributed by atoms with Gasteiger partial charge in [0.15, 0.2) is 5.17 Å². The number of aryl methyl sites for hydroxylation is 1. The highest BCUT2D eigenvalue weighted by Gasteiger charge is 2.33. The molecule has 0 bridgehead atoms. The number of rotatable bonds is 5. The molecule has 0 N–H and O–H groups in total. The van der Waals surface area contributed by atoms with Gasteiger partial charge in [-0.2, -0.15) is 0 Å². The van der Waals surface area contributed by atoms with Crippen molar-refractivity contribution in [3.63, 3.8) is 0 Å². The molecule has 5 rings (SSSR count). The first-order chi connectivity index (χ1) is 18.2. The van der Waals surface area contributed by atoms with Gasteiger partial charge in [0.05, 0.1) is 29.3 Å². The molecule has 0 spiro atoms. The smallest absolute Gasteiger partial charge is 0.266 e. The number of anilines is 2. The molecule has 2 aromatic rings. The predicted molar refractivity (Wildman–Crippen MR) is 161 cm³/mol. The summed E-state index contributed by atoms with van der Waals surface area (Å²) >= 11 is 1.46. The second-order valence-corrected chi connectivity index (χ2v) is 11.6. The standard InChI is InChI=1S/C31H38N4O2S/c1-7-34-29(36)28(38-30(34)32-24-9-11-25(12-10-24)33-13-15-37-16-14-33)19-23-18-26-22(4)20-31(5,6)35(8-2)27(26)17-21(23)3/h9-12,17-20H,7-8,13-16H2,1-6H3/b28-19-,32-30?. The van der Waals surface area contributed by atoms with Crippen molar-refractivity contribution in [1.29, 1.82) is 0 Å². The van der Waals surface area contributed by atoms with E-state index in [9.17, 15) is 4.79 Å². The monoisotopic (exact) mass is 530 g/mol. The summed E-state index contributed by atoms with van der Waals surface area (Å²) in [4.78, 5) is 25.5. The van der Waals surface area contributed by atoms with Crippen molar-refractivity contribution < 1.29 is 9.53 Å². The molecule has 2 aromatic carbocycles. The zero-order chi connectivity index (χ0) is 27.0. The maximum absolute atomic E-state index is 13.4. The number of thioether (sulfide) groups is 1. The van der Waals surface area contributed by atoms with E-state index in [1.807, 2.05) is 25.1 Å². The summed E-state index contributed by atoms with van der Waals surface area (Å²) in [6.07, 6.45) is 4.38. The van der Waals surface area contributed by atoms with Gasteiger partial charge in [-0.25, -0.2) is 4.99 Å². The minimum atomic E-state index is -0.0249. The van der Waals surface area contributed by atoms with E-state index in [0.717, 1.165) is 49.3 Å². The lowest BCUT2D eigenvalue weighted by molar-refractivity contribution is -0.122. The number of amides is 1. The second-order valence-electron chi connectivity index (χ2n) is 10.6. The van der Waals surface area contributed by atoms with Crippen molar-refractivity contribution in [1.82, 2.24) is 4.90 Å². The molecule has 0 aliphatic carbocycles. The first kappa shape index (κ1) is 26.6. The molecule has 0 unspecified atom stereocenters. The number of hydrogen-bond acceptors (Lipinski definition) is 6. The van der Waals surface area contributed by atoms with E-state index in [2.05, 4.69) is 74.8 Å². The van der Waals surface area contributed by atoms with Crippen LogP contribution >= 0.6 is 11.8 Å². The van der Waals surface area contributed by atoms with Crippen LogP contribution < -0.4 is 9.80 Å². The average molecular weight is 531 g/mol. The van der Waals surface area contributed by atoms with Gasteiger partial charge in [-0.3, -0.25) is 9.69 Å². The van der Waals surface area contributed by atoms with Crippen LogP contribution in [-0.4, -0.2) is 60.9 Å². The van der Waals surface area contributed by atoms with Crippen molar-refractivity contribution in [2.75, 3.05) is 49.2 Å². The van der Waals surface area contributed by atoms with E-state index in [4.69, 9.17) is 9.73 Å². The largest absolute Gasteiger partial charge is 0.378 e. The summed E-state index contributed by atoms with van der Waals surface area (Å²) in [6.45, 7) is 17.9. The minimum absolute atomic E-state index is 0.0156. The van der Waals surface area contributed by atoms with Crippen LogP contribution in [0.15, 0.2) is 52.4 Å². The zero-order valence-electron chi connectivity index (χ0n) is 23.4. The first-order valence-electron chi connectivity index (χ1n) is 13.6. The fourth-order valence-corrected chi connectivity index (χ4v) is 6.71. The number of carbonyl (C=O) groups is 1. The molecule has 0 saturated carbocycles. The molecule has 3 aliphatic heterocycles. The van der Waals surface area contributed by atoms with Crippen LogP contribution in [0.2, 0.25) is 0 Å². The average Bonchev–Trinajstić information content (AvgIpc) is 3.19. The van der Waals surface area contributed by atoms with Crippen molar-refractivity contribution in [3.05, 3.63) is 64.1 Å². The van der Waals surface area contributed by atoms with E-state index in [-0.39, 0.29) is 11.4 Å². The van der Waals surface area contributed by atoms with Gasteiger partial charge >= 0.3 is 0 Å². The lowest BCUT2D eigenvalue weighted by atomic mass is 9.87. The molecule has 2 fully saturated rings. The number of benzene rings is 2. The Balaban J connectivity index is 1.43. The van der Waals surface area contributed by atoms with Gasteiger partial charge in [0.2, 0.25) is 0 Å². The molecule has 7 heteroatoms. The number of allylic oxidation sites excluding steroid dienone is 1. The van der Waals surface area contributed by atoms with Gasteiger partial charge in [0.1, 0.15) is 0 Å². The fourth-order valence-electron chi connectivity index (χ4n) is 5.66. The molecule has 1 amide bonds. The number of nitrogens with zero attached hydrogens (tertiary/aromatic N) is 4. The fraction of sp³-hybridized carbons (Fsp3) is 0.419. The van der Waals surface area contributed by atoms with Gasteiger partial charge in [-0.05, 0) is 112 Å². The van der Waals surface area contributed by atoms with E-state index in [1.54, 1.807) is 4.90 Å². The van der Waals surface area contributed by atoms with Crippen molar-refractivity contribution in [2.45, 2.75) is 47.1 Å². The highest BCUT2D eigenvalue weighted by molar-refractivity contribution is 8.18.